The van der Waals surface area contributed by atoms with Crippen LogP contribution in [-0.4, -0.2) is 45.5 Å². The Morgan fingerprint density at radius 1 is 1.16 bits per heavy atom. The van der Waals surface area contributed by atoms with Gasteiger partial charge in [0.1, 0.15) is 16.4 Å². The van der Waals surface area contributed by atoms with Crippen molar-refractivity contribution in [1.29, 1.82) is 0 Å². The molecule has 0 radical (unpaired) electrons. The first-order valence-corrected chi connectivity index (χ1v) is 12.8. The number of H-pyrrole nitrogens is 1. The number of alkyl halides is 2. The second-order valence-electron chi connectivity index (χ2n) is 8.11. The molecule has 2 atom stereocenters. The number of nitrogens with zero attached hydrogens (tertiary/aromatic N) is 2. The third-order valence-corrected chi connectivity index (χ3v) is 7.57. The summed E-state index contributed by atoms with van der Waals surface area (Å²) in [4.78, 5) is 24.9. The molecule has 198 valence electrons. The maximum atomic E-state index is 13.0. The summed E-state index contributed by atoms with van der Waals surface area (Å²) < 4.78 is 60.2. The third-order valence-electron chi connectivity index (χ3n) is 5.45. The number of ether oxygens (including phenoxy) is 1. The fourth-order valence-corrected chi connectivity index (χ4v) is 5.68. The predicted molar refractivity (Wildman–Crippen MR) is 128 cm³/mol. The normalized spacial score (nSPS) is 17.9. The lowest BCUT2D eigenvalue weighted by Crippen LogP contribution is -2.34. The Balaban J connectivity index is 1.65. The van der Waals surface area contributed by atoms with Gasteiger partial charge in [-0.2, -0.15) is 9.78 Å². The SMILES string of the molecule is O=c1[nH]c(=O)n(-c2cc(Cl)c(Oc3ccc(O)c(S(=O)(=O)N[C@@H]4CC[C@H](O)C4)c3)c(Cl)c2)nc1C(F)F. The molecule has 3 aromatic rings. The smallest absolute Gasteiger partial charge is 0.349 e. The van der Waals surface area contributed by atoms with Gasteiger partial charge in [-0.05, 0) is 43.5 Å². The first-order chi connectivity index (χ1) is 17.4. The van der Waals surface area contributed by atoms with Gasteiger partial charge in [0.2, 0.25) is 10.0 Å². The average Bonchev–Trinajstić information content (AvgIpc) is 3.20. The molecule has 1 aliphatic carbocycles. The molecule has 4 N–H and O–H groups in total. The van der Waals surface area contributed by atoms with Crippen molar-refractivity contribution in [1.82, 2.24) is 19.5 Å². The molecule has 0 amide bonds. The predicted octanol–water partition coefficient (Wildman–Crippen LogP) is 2.85. The molecule has 16 heteroatoms. The highest BCUT2D eigenvalue weighted by Gasteiger charge is 2.29. The standard InChI is InChI=1S/C21H18Cl2F2N4O7S/c22-13-6-10(29-21(33)26-20(32)17(27-29)19(24)25)7-14(23)18(13)36-12-3-4-15(31)16(8-12)37(34,35)28-9-1-2-11(30)5-9/h3-4,6-9,11,19,28,30-31H,1-2,5H2,(H,26,32,33)/t9-,11+/m1/s1. The number of benzene rings is 2. The summed E-state index contributed by atoms with van der Waals surface area (Å²) >= 11 is 12.5. The van der Waals surface area contributed by atoms with Crippen molar-refractivity contribution in [2.75, 3.05) is 0 Å². The van der Waals surface area contributed by atoms with Crippen LogP contribution in [0.4, 0.5) is 8.78 Å². The number of phenols is 1. The molecular weight excluding hydrogens is 561 g/mol. The molecule has 1 aliphatic rings. The van der Waals surface area contributed by atoms with E-state index >= 15 is 0 Å². The van der Waals surface area contributed by atoms with Gasteiger partial charge in [0.05, 0.1) is 21.8 Å². The molecular formula is C21H18Cl2F2N4O7S. The van der Waals surface area contributed by atoms with E-state index in [-0.39, 0.29) is 33.7 Å². The van der Waals surface area contributed by atoms with E-state index in [0.29, 0.717) is 17.5 Å². The maximum Gasteiger partial charge on any atom is 0.349 e. The molecule has 0 spiro atoms. The van der Waals surface area contributed by atoms with Gasteiger partial charge in [-0.15, -0.1) is 0 Å². The number of aromatic nitrogens is 3. The van der Waals surface area contributed by atoms with E-state index in [1.807, 2.05) is 0 Å². The van der Waals surface area contributed by atoms with E-state index in [4.69, 9.17) is 27.9 Å². The molecule has 0 unspecified atom stereocenters. The summed E-state index contributed by atoms with van der Waals surface area (Å²) in [5, 5.41) is 22.7. The van der Waals surface area contributed by atoms with Crippen LogP contribution in [0.2, 0.25) is 10.0 Å². The number of aliphatic hydroxyl groups is 1. The second-order valence-corrected chi connectivity index (χ2v) is 10.6. The second kappa shape index (κ2) is 10.4. The molecule has 1 saturated carbocycles. The monoisotopic (exact) mass is 578 g/mol. The summed E-state index contributed by atoms with van der Waals surface area (Å²) in [7, 11) is -4.19. The van der Waals surface area contributed by atoms with Gasteiger partial charge in [0.25, 0.3) is 12.0 Å². The Kier molecular flexibility index (Phi) is 7.57. The van der Waals surface area contributed by atoms with Gasteiger partial charge < -0.3 is 14.9 Å². The highest BCUT2D eigenvalue weighted by Crippen LogP contribution is 2.39. The highest BCUT2D eigenvalue weighted by atomic mass is 35.5. The molecule has 1 fully saturated rings. The van der Waals surface area contributed by atoms with E-state index in [0.717, 1.165) is 24.3 Å². The van der Waals surface area contributed by atoms with Crippen LogP contribution in [0, 0.1) is 0 Å². The lowest BCUT2D eigenvalue weighted by atomic mass is 10.3. The van der Waals surface area contributed by atoms with Crippen LogP contribution in [0.15, 0.2) is 44.8 Å². The first-order valence-electron chi connectivity index (χ1n) is 10.6. The van der Waals surface area contributed by atoms with Gasteiger partial charge in [0, 0.05) is 12.1 Å². The number of hydrogen-bond acceptors (Lipinski definition) is 8. The summed E-state index contributed by atoms with van der Waals surface area (Å²) in [5.41, 5.74) is -3.82. The summed E-state index contributed by atoms with van der Waals surface area (Å²) in [6, 6.07) is 5.07. The molecule has 4 rings (SSSR count). The number of aliphatic hydroxyl groups excluding tert-OH is 1. The fraction of sp³-hybridized carbons (Fsp3) is 0.286. The quantitative estimate of drug-likeness (QED) is 0.332. The molecule has 0 aliphatic heterocycles. The van der Waals surface area contributed by atoms with Crippen molar-refractivity contribution in [3.8, 4) is 22.9 Å². The van der Waals surface area contributed by atoms with Crippen LogP contribution in [0.5, 0.6) is 17.2 Å². The van der Waals surface area contributed by atoms with Gasteiger partial charge in [-0.3, -0.25) is 9.78 Å². The van der Waals surface area contributed by atoms with Crippen LogP contribution in [0.3, 0.4) is 0 Å². The van der Waals surface area contributed by atoms with E-state index < -0.39 is 56.2 Å². The topological polar surface area (TPSA) is 164 Å². The van der Waals surface area contributed by atoms with E-state index in [2.05, 4.69) is 9.82 Å². The minimum atomic E-state index is -4.19. The Hall–Kier alpha value is -3.04. The third kappa shape index (κ3) is 5.78. The lowest BCUT2D eigenvalue weighted by molar-refractivity contribution is 0.141. The van der Waals surface area contributed by atoms with Gasteiger partial charge in [0.15, 0.2) is 11.4 Å². The van der Waals surface area contributed by atoms with E-state index in [1.54, 1.807) is 4.98 Å². The Bertz CT molecular complexity index is 1560. The number of nitrogens with one attached hydrogen (secondary N) is 2. The molecule has 1 heterocycles. The van der Waals surface area contributed by atoms with Crippen LogP contribution >= 0.6 is 23.2 Å². The minimum absolute atomic E-state index is 0.0829. The van der Waals surface area contributed by atoms with Gasteiger partial charge in [-0.1, -0.05) is 23.2 Å². The van der Waals surface area contributed by atoms with Crippen LogP contribution in [0.1, 0.15) is 31.4 Å². The molecule has 37 heavy (non-hydrogen) atoms. The van der Waals surface area contributed by atoms with Crippen LogP contribution in [0.25, 0.3) is 5.69 Å². The van der Waals surface area contributed by atoms with Crippen molar-refractivity contribution in [3.63, 3.8) is 0 Å². The molecule has 1 aromatic heterocycles. The van der Waals surface area contributed by atoms with E-state index in [1.165, 1.54) is 6.07 Å². The number of phenolic OH excluding ortho intramolecular Hbond substituents is 1. The molecule has 0 bridgehead atoms. The number of aromatic amines is 1. The van der Waals surface area contributed by atoms with Crippen molar-refractivity contribution >= 4 is 33.2 Å². The van der Waals surface area contributed by atoms with Crippen molar-refractivity contribution in [3.05, 3.63) is 66.9 Å². The number of rotatable bonds is 7. The van der Waals surface area contributed by atoms with Gasteiger partial charge in [-0.25, -0.2) is 26.7 Å². The first kappa shape index (κ1) is 27.0. The Morgan fingerprint density at radius 2 is 1.84 bits per heavy atom. The Morgan fingerprint density at radius 3 is 2.43 bits per heavy atom. The minimum Gasteiger partial charge on any atom is -0.507 e. The Labute approximate surface area is 217 Å². The number of hydrogen-bond donors (Lipinski definition) is 4. The fourth-order valence-electron chi connectivity index (χ4n) is 3.74. The highest BCUT2D eigenvalue weighted by molar-refractivity contribution is 7.89. The summed E-state index contributed by atoms with van der Waals surface area (Å²) in [5.74, 6) is -0.815. The zero-order valence-electron chi connectivity index (χ0n) is 18.5. The number of aromatic hydroxyl groups is 1. The van der Waals surface area contributed by atoms with Crippen molar-refractivity contribution < 1.29 is 32.1 Å². The van der Waals surface area contributed by atoms with Crippen molar-refractivity contribution in [2.45, 2.75) is 42.7 Å². The van der Waals surface area contributed by atoms with Crippen LogP contribution < -0.4 is 20.7 Å². The molecule has 2 aromatic carbocycles. The largest absolute Gasteiger partial charge is 0.507 e. The zero-order chi connectivity index (χ0) is 27.1. The van der Waals surface area contributed by atoms with Crippen molar-refractivity contribution in [2.24, 2.45) is 0 Å². The summed E-state index contributed by atoms with van der Waals surface area (Å²) in [6.45, 7) is 0. The number of halogens is 4. The lowest BCUT2D eigenvalue weighted by Gasteiger charge is -2.16. The van der Waals surface area contributed by atoms with Gasteiger partial charge >= 0.3 is 5.69 Å². The van der Waals surface area contributed by atoms with Crippen LogP contribution in [-0.2, 0) is 10.0 Å². The number of sulfonamides is 1. The average molecular weight is 579 g/mol. The van der Waals surface area contributed by atoms with E-state index in [9.17, 15) is 37.0 Å². The molecule has 0 saturated heterocycles. The zero-order valence-corrected chi connectivity index (χ0v) is 20.8. The molecule has 11 nitrogen and oxygen atoms in total. The maximum absolute atomic E-state index is 13.0. The summed E-state index contributed by atoms with van der Waals surface area (Å²) in [6.07, 6.45) is -2.76.